The highest BCUT2D eigenvalue weighted by atomic mass is 32.3. The lowest BCUT2D eigenvalue weighted by Crippen LogP contribution is -2.60. The fraction of sp³-hybridized carbons (Fsp3) is 0.348. The van der Waals surface area contributed by atoms with Crippen LogP contribution in [-0.2, 0) is 74.0 Å². The van der Waals surface area contributed by atoms with Crippen LogP contribution >= 0.6 is 0 Å². The number of benzene rings is 5. The highest BCUT2D eigenvalue weighted by Gasteiger charge is 2.57. The van der Waals surface area contributed by atoms with Crippen molar-refractivity contribution >= 4 is 20.2 Å². The van der Waals surface area contributed by atoms with Crippen molar-refractivity contribution in [2.75, 3.05) is 13.7 Å². The van der Waals surface area contributed by atoms with Crippen LogP contribution in [0.5, 0.6) is 5.75 Å². The number of phenolic OH excluding ortho intramolecular Hbond substituents is 1. The minimum atomic E-state index is -6.85. The van der Waals surface area contributed by atoms with Gasteiger partial charge in [0, 0.05) is 7.11 Å². The average Bonchev–Trinajstić information content (AvgIpc) is 3.30. The van der Waals surface area contributed by atoms with E-state index < -0.39 is 37.4 Å². The number of aromatic hydroxyl groups is 1. The lowest BCUT2D eigenvalue weighted by molar-refractivity contribution is -0.269. The second-order valence-electron chi connectivity index (χ2n) is 13.4. The second kappa shape index (κ2) is 29.0. The van der Waals surface area contributed by atoms with Gasteiger partial charge in [0.1, 0.15) is 30.2 Å². The summed E-state index contributed by atoms with van der Waals surface area (Å²) in [4.78, 5) is 0. The highest BCUT2D eigenvalue weighted by Crippen LogP contribution is 2.33. The van der Waals surface area contributed by atoms with Gasteiger partial charge in [0.15, 0.2) is 0 Å². The summed E-state index contributed by atoms with van der Waals surface area (Å²) < 4.78 is 143. The summed E-state index contributed by atoms with van der Waals surface area (Å²) in [6, 6.07) is 49.5. The number of hydrogen-bond donors (Lipinski definition) is 2. The van der Waals surface area contributed by atoms with Crippen LogP contribution in [0.4, 0.5) is 26.3 Å². The molecular weight excluding hydrogens is 923 g/mol. The fourth-order valence-corrected chi connectivity index (χ4v) is 7.20. The van der Waals surface area contributed by atoms with Crippen LogP contribution in [0.15, 0.2) is 152 Å². The van der Waals surface area contributed by atoms with Gasteiger partial charge < -0.3 is 33.9 Å². The number of hydrogen-bond acceptors (Lipinski definition) is 12. The lowest BCUT2D eigenvalue weighted by Gasteiger charge is -2.45. The number of phenols is 1. The van der Waals surface area contributed by atoms with Crippen LogP contribution in [-0.4, -0.2) is 82.3 Å². The quantitative estimate of drug-likeness (QED) is 0.0756. The van der Waals surface area contributed by atoms with Gasteiger partial charge in [-0.15, -0.1) is 3.63 Å². The van der Waals surface area contributed by atoms with E-state index in [2.05, 4.69) is 48.5 Å². The van der Waals surface area contributed by atoms with E-state index in [1.807, 2.05) is 103 Å². The van der Waals surface area contributed by atoms with E-state index >= 15 is 0 Å². The third-order valence-corrected chi connectivity index (χ3v) is 11.2. The number of rotatable bonds is 15. The zero-order valence-corrected chi connectivity index (χ0v) is 38.1. The number of alkyl halides is 6. The van der Waals surface area contributed by atoms with Gasteiger partial charge in [-0.1, -0.05) is 153 Å². The summed E-state index contributed by atoms with van der Waals surface area (Å²) in [6.07, 6.45) is -1.61. The Morgan fingerprint density at radius 3 is 1.12 bits per heavy atom. The number of aliphatic hydroxyl groups excluding tert-OH is 1. The first-order valence-corrected chi connectivity index (χ1v) is 22.9. The van der Waals surface area contributed by atoms with Gasteiger partial charge in [-0.3, -0.25) is 0 Å². The molecule has 20 heteroatoms. The molecule has 1 aliphatic heterocycles. The van der Waals surface area contributed by atoms with Crippen molar-refractivity contribution in [2.45, 2.75) is 88.7 Å². The largest absolute Gasteiger partial charge is 0.524 e. The number of aliphatic hydroxyl groups is 1. The Morgan fingerprint density at radius 2 is 0.803 bits per heavy atom. The van der Waals surface area contributed by atoms with Crippen molar-refractivity contribution in [3.63, 3.8) is 0 Å². The van der Waals surface area contributed by atoms with Crippen molar-refractivity contribution in [3.8, 4) is 5.75 Å². The Labute approximate surface area is 381 Å². The summed E-state index contributed by atoms with van der Waals surface area (Å²) in [5.74, 6) is 0.322. The van der Waals surface area contributed by atoms with E-state index in [1.54, 1.807) is 24.3 Å². The van der Waals surface area contributed by atoms with Crippen molar-refractivity contribution in [1.82, 2.24) is 0 Å². The molecule has 0 amide bonds. The van der Waals surface area contributed by atoms with Crippen molar-refractivity contribution in [3.05, 3.63) is 174 Å². The second-order valence-corrected chi connectivity index (χ2v) is 16.7. The Bertz CT molecular complexity index is 2200. The highest BCUT2D eigenvalue weighted by molar-refractivity contribution is 8.00. The van der Waals surface area contributed by atoms with Gasteiger partial charge in [-0.25, -0.2) is 0 Å². The van der Waals surface area contributed by atoms with Crippen molar-refractivity contribution < 1.29 is 80.7 Å². The summed E-state index contributed by atoms with van der Waals surface area (Å²) in [5.41, 5.74) is -8.10. The molecule has 364 valence electrons. The summed E-state index contributed by atoms with van der Waals surface area (Å²) >= 11 is 0. The van der Waals surface area contributed by atoms with Crippen LogP contribution in [0.25, 0.3) is 0 Å². The van der Waals surface area contributed by atoms with Crippen LogP contribution in [0, 0.1) is 0 Å². The third-order valence-electron chi connectivity index (χ3n) is 8.62. The predicted molar refractivity (Wildman–Crippen MR) is 234 cm³/mol. The first-order chi connectivity index (χ1) is 31.4. The molecule has 0 radical (unpaired) electrons. The van der Waals surface area contributed by atoms with Gasteiger partial charge >= 0.3 is 31.3 Å². The smallest absolute Gasteiger partial charge is 0.508 e. The molecule has 0 aliphatic carbocycles. The van der Waals surface area contributed by atoms with Gasteiger partial charge in [0.25, 0.3) is 0 Å². The molecule has 1 heterocycles. The van der Waals surface area contributed by atoms with E-state index in [9.17, 15) is 43.2 Å². The number of halogens is 6. The van der Waals surface area contributed by atoms with Crippen LogP contribution in [0.2, 0.25) is 0 Å². The monoisotopic (exact) mass is 976 g/mol. The minimum Gasteiger partial charge on any atom is -0.508 e. The van der Waals surface area contributed by atoms with E-state index in [1.165, 1.54) is 0 Å². The van der Waals surface area contributed by atoms with Crippen molar-refractivity contribution in [2.24, 2.45) is 0 Å². The Morgan fingerprint density at radius 1 is 0.500 bits per heavy atom. The first-order valence-electron chi connectivity index (χ1n) is 20.1. The zero-order chi connectivity index (χ0) is 49.2. The maximum Gasteiger partial charge on any atom is 0.524 e. The van der Waals surface area contributed by atoms with Gasteiger partial charge in [0.2, 0.25) is 0 Å². The topological polar surface area (TPSA) is 164 Å². The molecule has 1 fully saturated rings. The molecule has 5 atom stereocenters. The Balaban J connectivity index is 0.000000473. The predicted octanol–water partition coefficient (Wildman–Crippen LogP) is 9.48. The molecule has 2 N–H and O–H groups in total. The van der Waals surface area contributed by atoms with Gasteiger partial charge in [-0.05, 0) is 41.3 Å². The molecule has 6 rings (SSSR count). The summed E-state index contributed by atoms with van der Waals surface area (Å²) in [5, 5.41) is 15.6. The van der Waals surface area contributed by atoms with E-state index in [0.29, 0.717) is 38.8 Å². The van der Waals surface area contributed by atoms with Crippen LogP contribution < -0.4 is 0 Å². The molecule has 0 spiro atoms. The third kappa shape index (κ3) is 19.9. The van der Waals surface area contributed by atoms with E-state index in [4.69, 9.17) is 33.9 Å². The molecular formula is C46H54F6O12S2. The van der Waals surface area contributed by atoms with Gasteiger partial charge in [0.05, 0.1) is 39.1 Å². The maximum atomic E-state index is 11.4. The number of ether oxygens (including phenoxy) is 5. The average molecular weight is 977 g/mol. The molecule has 1 aliphatic rings. The van der Waals surface area contributed by atoms with Crippen LogP contribution in [0.1, 0.15) is 43.0 Å². The van der Waals surface area contributed by atoms with Gasteiger partial charge in [-0.2, -0.15) is 43.2 Å². The SMILES string of the molecule is CC.CO.C[C@H]1O[C@@H](COCc2ccccc2)[C@H](OCc2ccccc2)[C@@H](OCc2ccccc2)[C@@H]1OCc1ccccc1.O=S(=O)(OS(=O)(=O)C(F)(F)F)C(F)(F)F.Oc1ccccc1. The summed E-state index contributed by atoms with van der Waals surface area (Å²) in [7, 11) is -12.7. The molecule has 0 unspecified atom stereocenters. The molecule has 12 nitrogen and oxygen atoms in total. The first kappa shape index (κ1) is 57.2. The fourth-order valence-electron chi connectivity index (χ4n) is 5.64. The Hall–Kier alpha value is -4.90. The van der Waals surface area contributed by atoms with E-state index in [-0.39, 0.29) is 24.4 Å². The molecule has 0 bridgehead atoms. The lowest BCUT2D eigenvalue weighted by atomic mass is 9.94. The normalized spacial score (nSPS) is 18.3. The molecule has 5 aromatic carbocycles. The maximum absolute atomic E-state index is 11.4. The zero-order valence-electron chi connectivity index (χ0n) is 36.4. The molecule has 0 aromatic heterocycles. The molecule has 1 saturated heterocycles. The summed E-state index contributed by atoms with van der Waals surface area (Å²) in [6.45, 7) is 8.29. The standard InChI is InChI=1S/C35H38O5.C6H6O.C2F6O5S2.C2H6.CH4O/c1-27-33(37-23-29-16-8-3-9-17-29)35(39-25-31-20-12-5-13-21-31)34(38-24-30-18-10-4-11-19-30)32(40-27)26-36-22-28-14-6-2-7-15-28;7-6-4-2-1-3-5-6;3-1(4,5)14(9,10)13-15(11,12)2(6,7)8;2*1-2/h2-21,27,32-35H,22-26H2,1H3;1-5,7H;;1-2H3;2H,1H3/t27-,32+,33-,34+,35+;;;;/m1..../s1. The van der Waals surface area contributed by atoms with Crippen LogP contribution in [0.3, 0.4) is 0 Å². The van der Waals surface area contributed by atoms with Crippen molar-refractivity contribution in [1.29, 1.82) is 0 Å². The van der Waals surface area contributed by atoms with E-state index in [0.717, 1.165) is 29.4 Å². The molecule has 0 saturated carbocycles. The molecule has 5 aromatic rings. The number of para-hydroxylation sites is 1. The Kier molecular flexibility index (Phi) is 25.1. The minimum absolute atomic E-state index is 0.216. The molecule has 66 heavy (non-hydrogen) atoms.